The number of ether oxygens (including phenoxy) is 2. The Hall–Kier alpha value is -1.07. The molecule has 0 aliphatic carbocycles. The highest BCUT2D eigenvalue weighted by Gasteiger charge is 2.15. The zero-order valence-electron chi connectivity index (χ0n) is 8.44. The summed E-state index contributed by atoms with van der Waals surface area (Å²) in [5.74, 6) is 1.08. The Kier molecular flexibility index (Phi) is 3.23. The molecule has 0 N–H and O–H groups in total. The van der Waals surface area contributed by atoms with Crippen LogP contribution in [0.15, 0.2) is 6.07 Å². The van der Waals surface area contributed by atoms with E-state index in [0.29, 0.717) is 30.2 Å². The van der Waals surface area contributed by atoms with Crippen LogP contribution >= 0.6 is 11.6 Å². The minimum absolute atomic E-state index is 0.392. The van der Waals surface area contributed by atoms with E-state index in [1.807, 2.05) is 4.90 Å². The third-order valence-electron chi connectivity index (χ3n) is 2.16. The van der Waals surface area contributed by atoms with Gasteiger partial charge in [-0.05, 0) is 0 Å². The number of rotatable bonds is 2. The van der Waals surface area contributed by atoms with Crippen molar-refractivity contribution in [3.8, 4) is 5.88 Å². The minimum atomic E-state index is 0.392. The maximum absolute atomic E-state index is 5.86. The van der Waals surface area contributed by atoms with Gasteiger partial charge >= 0.3 is 0 Å². The van der Waals surface area contributed by atoms with Gasteiger partial charge < -0.3 is 14.4 Å². The second-order valence-electron chi connectivity index (χ2n) is 3.13. The number of halogens is 1. The largest absolute Gasteiger partial charge is 0.481 e. The topological polar surface area (TPSA) is 47.5 Å². The highest BCUT2D eigenvalue weighted by molar-refractivity contribution is 6.29. The Morgan fingerprint density at radius 3 is 2.80 bits per heavy atom. The van der Waals surface area contributed by atoms with Crippen molar-refractivity contribution in [1.82, 2.24) is 9.97 Å². The maximum Gasteiger partial charge on any atom is 0.230 e. The lowest BCUT2D eigenvalue weighted by Gasteiger charge is -2.26. The predicted molar refractivity (Wildman–Crippen MR) is 56.6 cm³/mol. The van der Waals surface area contributed by atoms with Crippen LogP contribution in [0, 0.1) is 0 Å². The Morgan fingerprint density at radius 2 is 2.13 bits per heavy atom. The standard InChI is InChI=1S/C9H12ClN3O2/c1-14-8-6-7(10)11-9(12-8)13-2-4-15-5-3-13/h6H,2-5H2,1H3. The average Bonchev–Trinajstić information content (AvgIpc) is 2.29. The monoisotopic (exact) mass is 229 g/mol. The molecule has 1 aromatic rings. The fraction of sp³-hybridized carbons (Fsp3) is 0.556. The van der Waals surface area contributed by atoms with E-state index in [4.69, 9.17) is 21.1 Å². The van der Waals surface area contributed by atoms with E-state index in [2.05, 4.69) is 9.97 Å². The Morgan fingerprint density at radius 1 is 1.40 bits per heavy atom. The van der Waals surface area contributed by atoms with Crippen LogP contribution in [0.2, 0.25) is 5.15 Å². The van der Waals surface area contributed by atoms with Gasteiger partial charge in [-0.1, -0.05) is 11.6 Å². The molecule has 2 heterocycles. The van der Waals surface area contributed by atoms with Crippen molar-refractivity contribution in [2.45, 2.75) is 0 Å². The van der Waals surface area contributed by atoms with Gasteiger partial charge in [-0.25, -0.2) is 4.98 Å². The van der Waals surface area contributed by atoms with Crippen molar-refractivity contribution >= 4 is 17.5 Å². The summed E-state index contributed by atoms with van der Waals surface area (Å²) < 4.78 is 10.3. The predicted octanol–water partition coefficient (Wildman–Crippen LogP) is 0.975. The van der Waals surface area contributed by atoms with Crippen LogP contribution in [0.25, 0.3) is 0 Å². The van der Waals surface area contributed by atoms with E-state index in [1.165, 1.54) is 0 Å². The lowest BCUT2D eigenvalue weighted by atomic mass is 10.4. The van der Waals surface area contributed by atoms with Gasteiger partial charge in [-0.3, -0.25) is 0 Å². The van der Waals surface area contributed by atoms with E-state index >= 15 is 0 Å². The fourth-order valence-corrected chi connectivity index (χ4v) is 1.56. The van der Waals surface area contributed by atoms with E-state index in [1.54, 1.807) is 13.2 Å². The highest BCUT2D eigenvalue weighted by atomic mass is 35.5. The number of hydrogen-bond acceptors (Lipinski definition) is 5. The molecule has 0 amide bonds. The van der Waals surface area contributed by atoms with Crippen molar-refractivity contribution in [2.24, 2.45) is 0 Å². The maximum atomic E-state index is 5.86. The molecule has 0 bridgehead atoms. The number of morpholine rings is 1. The van der Waals surface area contributed by atoms with E-state index < -0.39 is 0 Å². The number of nitrogens with zero attached hydrogens (tertiary/aromatic N) is 3. The molecule has 0 unspecified atom stereocenters. The summed E-state index contributed by atoms with van der Waals surface area (Å²) in [6.45, 7) is 2.95. The van der Waals surface area contributed by atoms with Crippen molar-refractivity contribution in [2.75, 3.05) is 38.3 Å². The van der Waals surface area contributed by atoms with Gasteiger partial charge in [0.25, 0.3) is 0 Å². The van der Waals surface area contributed by atoms with Crippen LogP contribution in [0.5, 0.6) is 5.88 Å². The molecule has 0 saturated carbocycles. The van der Waals surface area contributed by atoms with Crippen LogP contribution in [0.3, 0.4) is 0 Å². The molecule has 1 aromatic heterocycles. The van der Waals surface area contributed by atoms with Gasteiger partial charge in [-0.2, -0.15) is 4.98 Å². The third-order valence-corrected chi connectivity index (χ3v) is 2.36. The first-order chi connectivity index (χ1) is 7.29. The molecular weight excluding hydrogens is 218 g/mol. The van der Waals surface area contributed by atoms with Gasteiger partial charge in [0.05, 0.1) is 20.3 Å². The first-order valence-corrected chi connectivity index (χ1v) is 5.08. The first kappa shape index (κ1) is 10.4. The minimum Gasteiger partial charge on any atom is -0.481 e. The molecule has 15 heavy (non-hydrogen) atoms. The zero-order chi connectivity index (χ0) is 10.7. The van der Waals surface area contributed by atoms with Gasteiger partial charge in [0.15, 0.2) is 0 Å². The van der Waals surface area contributed by atoms with Crippen LogP contribution in [-0.4, -0.2) is 43.4 Å². The van der Waals surface area contributed by atoms with Crippen LogP contribution < -0.4 is 9.64 Å². The molecule has 5 nitrogen and oxygen atoms in total. The van der Waals surface area contributed by atoms with Crippen molar-refractivity contribution in [3.05, 3.63) is 11.2 Å². The van der Waals surface area contributed by atoms with E-state index in [0.717, 1.165) is 13.1 Å². The zero-order valence-corrected chi connectivity index (χ0v) is 9.20. The molecule has 82 valence electrons. The molecule has 1 fully saturated rings. The fourth-order valence-electron chi connectivity index (χ4n) is 1.39. The van der Waals surface area contributed by atoms with Crippen LogP contribution in [0.4, 0.5) is 5.95 Å². The van der Waals surface area contributed by atoms with Crippen molar-refractivity contribution in [3.63, 3.8) is 0 Å². The number of hydrogen-bond donors (Lipinski definition) is 0. The summed E-state index contributed by atoms with van der Waals surface area (Å²) in [6.07, 6.45) is 0. The Bertz CT molecular complexity index is 342. The normalized spacial score (nSPS) is 16.5. The summed E-state index contributed by atoms with van der Waals surface area (Å²) in [5, 5.41) is 0.392. The van der Waals surface area contributed by atoms with Gasteiger partial charge in [0, 0.05) is 19.2 Å². The number of methoxy groups -OCH3 is 1. The van der Waals surface area contributed by atoms with E-state index in [-0.39, 0.29) is 0 Å². The van der Waals surface area contributed by atoms with Crippen molar-refractivity contribution < 1.29 is 9.47 Å². The number of aromatic nitrogens is 2. The van der Waals surface area contributed by atoms with Crippen LogP contribution in [0.1, 0.15) is 0 Å². The smallest absolute Gasteiger partial charge is 0.230 e. The lowest BCUT2D eigenvalue weighted by Crippen LogP contribution is -2.37. The second kappa shape index (κ2) is 4.63. The molecule has 6 heteroatoms. The molecule has 1 saturated heterocycles. The SMILES string of the molecule is COc1cc(Cl)nc(N2CCOCC2)n1. The summed E-state index contributed by atoms with van der Waals surface area (Å²) in [7, 11) is 1.56. The van der Waals surface area contributed by atoms with Gasteiger partial charge in [0.2, 0.25) is 11.8 Å². The number of anilines is 1. The van der Waals surface area contributed by atoms with E-state index in [9.17, 15) is 0 Å². The molecular formula is C9H12ClN3O2. The van der Waals surface area contributed by atoms with Crippen LogP contribution in [-0.2, 0) is 4.74 Å². The molecule has 0 radical (unpaired) electrons. The van der Waals surface area contributed by atoms with Gasteiger partial charge in [-0.15, -0.1) is 0 Å². The summed E-state index contributed by atoms with van der Waals surface area (Å²) >= 11 is 5.86. The Balaban J connectivity index is 2.22. The van der Waals surface area contributed by atoms with Gasteiger partial charge in [0.1, 0.15) is 5.15 Å². The Labute approximate surface area is 93.0 Å². The molecule has 0 spiro atoms. The van der Waals surface area contributed by atoms with Crippen molar-refractivity contribution in [1.29, 1.82) is 0 Å². The molecule has 0 aromatic carbocycles. The molecule has 0 atom stereocenters. The molecule has 1 aliphatic heterocycles. The highest BCUT2D eigenvalue weighted by Crippen LogP contribution is 2.19. The first-order valence-electron chi connectivity index (χ1n) is 4.71. The second-order valence-corrected chi connectivity index (χ2v) is 3.52. The third kappa shape index (κ3) is 2.49. The summed E-state index contributed by atoms with van der Waals surface area (Å²) in [4.78, 5) is 10.4. The summed E-state index contributed by atoms with van der Waals surface area (Å²) in [6, 6.07) is 1.59. The summed E-state index contributed by atoms with van der Waals surface area (Å²) in [5.41, 5.74) is 0. The molecule has 1 aliphatic rings. The lowest BCUT2D eigenvalue weighted by molar-refractivity contribution is 0.122. The quantitative estimate of drug-likeness (QED) is 0.708. The molecule has 2 rings (SSSR count). The average molecular weight is 230 g/mol.